The van der Waals surface area contributed by atoms with Gasteiger partial charge in [-0.05, 0) is 87.3 Å². The zero-order valence-electron chi connectivity index (χ0n) is 15.1. The van der Waals surface area contributed by atoms with E-state index in [1.54, 1.807) is 6.07 Å². The second-order valence-corrected chi connectivity index (χ2v) is 8.80. The van der Waals surface area contributed by atoms with Gasteiger partial charge in [-0.1, -0.05) is 29.6 Å². The van der Waals surface area contributed by atoms with E-state index in [1.165, 1.54) is 64.1 Å². The van der Waals surface area contributed by atoms with Gasteiger partial charge < -0.3 is 5.32 Å². The van der Waals surface area contributed by atoms with E-state index in [4.69, 9.17) is 11.6 Å². The number of hydrogen-bond donors (Lipinski definition) is 1. The number of nitrogens with zero attached hydrogens (tertiary/aromatic N) is 1. The second kappa shape index (κ2) is 9.59. The largest absolute Gasteiger partial charge is 0.314 e. The first-order valence-electron chi connectivity index (χ1n) is 9.63. The van der Waals surface area contributed by atoms with Crippen molar-refractivity contribution in [1.82, 2.24) is 9.62 Å². The Kier molecular flexibility index (Phi) is 7.47. The van der Waals surface area contributed by atoms with E-state index < -0.39 is 0 Å². The molecule has 1 aliphatic carbocycles. The molecule has 0 bridgehead atoms. The summed E-state index contributed by atoms with van der Waals surface area (Å²) in [5.74, 6) is 1.10. The van der Waals surface area contributed by atoms with Crippen molar-refractivity contribution in [1.29, 1.82) is 0 Å². The van der Waals surface area contributed by atoms with Gasteiger partial charge in [0.1, 0.15) is 5.82 Å². The molecule has 1 aromatic rings. The number of hydrogen-bond acceptors (Lipinski definition) is 3. The van der Waals surface area contributed by atoms with Crippen LogP contribution in [-0.2, 0) is 0 Å². The van der Waals surface area contributed by atoms with Crippen LogP contribution in [-0.4, -0.2) is 36.2 Å². The predicted molar refractivity (Wildman–Crippen MR) is 107 cm³/mol. The Morgan fingerprint density at radius 3 is 2.52 bits per heavy atom. The lowest BCUT2D eigenvalue weighted by Gasteiger charge is -2.32. The van der Waals surface area contributed by atoms with Gasteiger partial charge in [0.15, 0.2) is 0 Å². The fraction of sp³-hybridized carbons (Fsp3) is 0.700. The molecule has 1 aromatic carbocycles. The third-order valence-corrected chi connectivity index (χ3v) is 7.16. The molecule has 0 aromatic heterocycles. The lowest BCUT2D eigenvalue weighted by molar-refractivity contribution is 0.278. The number of rotatable bonds is 6. The maximum atomic E-state index is 13.2. The highest BCUT2D eigenvalue weighted by molar-refractivity contribution is 7.96. The Morgan fingerprint density at radius 2 is 1.88 bits per heavy atom. The van der Waals surface area contributed by atoms with Gasteiger partial charge in [0.25, 0.3) is 0 Å². The standard InChI is InChI=1S/C20H30ClFN2S/c1-25-24-12-9-18(10-13-24)23-11-8-15-2-4-16(5-3-15)19-7-6-17(22)14-20(19)21/h6-7,14-16,18,23H,2-5,8-13H2,1H3/t15-,16+. The van der Waals surface area contributed by atoms with E-state index in [9.17, 15) is 4.39 Å². The molecule has 2 aliphatic rings. The summed E-state index contributed by atoms with van der Waals surface area (Å²) >= 11 is 8.10. The molecule has 5 heteroatoms. The summed E-state index contributed by atoms with van der Waals surface area (Å²) in [4.78, 5) is 0. The van der Waals surface area contributed by atoms with Crippen LogP contribution >= 0.6 is 23.5 Å². The Hall–Kier alpha value is -0.290. The summed E-state index contributed by atoms with van der Waals surface area (Å²) in [7, 11) is 0. The summed E-state index contributed by atoms with van der Waals surface area (Å²) < 4.78 is 15.7. The first-order chi connectivity index (χ1) is 12.2. The molecule has 2 fully saturated rings. The Balaban J connectivity index is 1.35. The Labute approximate surface area is 161 Å². The molecule has 1 saturated heterocycles. The molecule has 0 amide bonds. The molecule has 0 spiro atoms. The smallest absolute Gasteiger partial charge is 0.124 e. The van der Waals surface area contributed by atoms with E-state index >= 15 is 0 Å². The van der Waals surface area contributed by atoms with E-state index in [0.717, 1.165) is 18.0 Å². The monoisotopic (exact) mass is 384 g/mol. The average molecular weight is 385 g/mol. The zero-order valence-corrected chi connectivity index (χ0v) is 16.7. The van der Waals surface area contributed by atoms with Gasteiger partial charge in [-0.2, -0.15) is 0 Å². The summed E-state index contributed by atoms with van der Waals surface area (Å²) in [6.45, 7) is 3.57. The van der Waals surface area contributed by atoms with Gasteiger partial charge in [-0.15, -0.1) is 0 Å². The fourth-order valence-corrected chi connectivity index (χ4v) is 5.23. The molecule has 3 rings (SSSR count). The lowest BCUT2D eigenvalue weighted by atomic mass is 9.77. The molecule has 1 saturated carbocycles. The Morgan fingerprint density at radius 1 is 1.16 bits per heavy atom. The van der Waals surface area contributed by atoms with Crippen molar-refractivity contribution in [2.45, 2.75) is 56.9 Å². The quantitative estimate of drug-likeness (QED) is 0.654. The molecule has 1 aliphatic heterocycles. The van der Waals surface area contributed by atoms with Crippen molar-refractivity contribution in [2.24, 2.45) is 5.92 Å². The summed E-state index contributed by atoms with van der Waals surface area (Å²) in [5.41, 5.74) is 1.14. The van der Waals surface area contributed by atoms with Crippen molar-refractivity contribution >= 4 is 23.5 Å². The minimum Gasteiger partial charge on any atom is -0.314 e. The van der Waals surface area contributed by atoms with Gasteiger partial charge in [0.2, 0.25) is 0 Å². The molecule has 1 heterocycles. The first kappa shape index (κ1) is 19.5. The van der Waals surface area contributed by atoms with Crippen LogP contribution < -0.4 is 5.32 Å². The van der Waals surface area contributed by atoms with Crippen molar-refractivity contribution in [3.63, 3.8) is 0 Å². The fourth-order valence-electron chi connectivity index (χ4n) is 4.33. The van der Waals surface area contributed by atoms with Gasteiger partial charge in [0, 0.05) is 24.2 Å². The highest BCUT2D eigenvalue weighted by atomic mass is 35.5. The van der Waals surface area contributed by atoms with E-state index in [2.05, 4.69) is 15.9 Å². The van der Waals surface area contributed by atoms with Crippen molar-refractivity contribution in [3.8, 4) is 0 Å². The maximum absolute atomic E-state index is 13.2. The molecule has 0 radical (unpaired) electrons. The van der Waals surface area contributed by atoms with Crippen molar-refractivity contribution < 1.29 is 4.39 Å². The van der Waals surface area contributed by atoms with Gasteiger partial charge in [0.05, 0.1) is 0 Å². The van der Waals surface area contributed by atoms with Gasteiger partial charge >= 0.3 is 0 Å². The molecule has 0 atom stereocenters. The second-order valence-electron chi connectivity index (χ2n) is 7.51. The van der Waals surface area contributed by atoms with Crippen LogP contribution in [0.15, 0.2) is 18.2 Å². The molecule has 25 heavy (non-hydrogen) atoms. The van der Waals surface area contributed by atoms with Gasteiger partial charge in [-0.25, -0.2) is 4.39 Å². The van der Waals surface area contributed by atoms with Crippen LogP contribution in [0.5, 0.6) is 0 Å². The van der Waals surface area contributed by atoms with Crippen LogP contribution in [0.25, 0.3) is 0 Å². The Bertz CT molecular complexity index is 540. The number of piperidine rings is 1. The maximum Gasteiger partial charge on any atom is 0.124 e. The first-order valence-corrected chi connectivity index (χ1v) is 11.2. The van der Waals surface area contributed by atoms with Crippen LogP contribution in [0.2, 0.25) is 5.02 Å². The molecule has 2 nitrogen and oxygen atoms in total. The summed E-state index contributed by atoms with van der Waals surface area (Å²) in [5, 5.41) is 4.37. The normalized spacial score (nSPS) is 26.0. The third kappa shape index (κ3) is 5.59. The number of halogens is 2. The highest BCUT2D eigenvalue weighted by Crippen LogP contribution is 2.39. The van der Waals surface area contributed by atoms with Crippen LogP contribution in [0.1, 0.15) is 56.4 Å². The highest BCUT2D eigenvalue weighted by Gasteiger charge is 2.24. The van der Waals surface area contributed by atoms with Crippen LogP contribution in [0.3, 0.4) is 0 Å². The van der Waals surface area contributed by atoms with E-state index in [-0.39, 0.29) is 5.82 Å². The van der Waals surface area contributed by atoms with Gasteiger partial charge in [-0.3, -0.25) is 4.31 Å². The topological polar surface area (TPSA) is 15.3 Å². The zero-order chi connectivity index (χ0) is 17.6. The molecule has 1 N–H and O–H groups in total. The summed E-state index contributed by atoms with van der Waals surface area (Å²) in [6.07, 6.45) is 10.9. The number of benzene rings is 1. The third-order valence-electron chi connectivity index (χ3n) is 5.95. The molecular weight excluding hydrogens is 355 g/mol. The minimum atomic E-state index is -0.239. The minimum absolute atomic E-state index is 0.239. The average Bonchev–Trinajstić information content (AvgIpc) is 2.63. The van der Waals surface area contributed by atoms with Crippen molar-refractivity contribution in [2.75, 3.05) is 25.9 Å². The van der Waals surface area contributed by atoms with E-state index in [1.807, 2.05) is 18.0 Å². The van der Waals surface area contributed by atoms with Crippen LogP contribution in [0.4, 0.5) is 4.39 Å². The molecule has 140 valence electrons. The van der Waals surface area contributed by atoms with Crippen LogP contribution in [0, 0.1) is 11.7 Å². The lowest BCUT2D eigenvalue weighted by Crippen LogP contribution is -2.40. The van der Waals surface area contributed by atoms with E-state index in [0.29, 0.717) is 17.0 Å². The predicted octanol–water partition coefficient (Wildman–Crippen LogP) is 5.48. The SMILES string of the molecule is CSN1CCC(NCC[C@H]2CC[C@@H](c3ccc(F)cc3Cl)CC2)CC1. The molecule has 0 unspecified atom stereocenters. The number of nitrogens with one attached hydrogen (secondary N) is 1. The molecular formula is C20H30ClFN2S. The van der Waals surface area contributed by atoms with Crippen molar-refractivity contribution in [3.05, 3.63) is 34.6 Å². The summed E-state index contributed by atoms with van der Waals surface area (Å²) in [6, 6.07) is 5.58.